The Bertz CT molecular complexity index is 410. The summed E-state index contributed by atoms with van der Waals surface area (Å²) in [6, 6.07) is 4.20. The molecule has 0 aliphatic heterocycles. The maximum absolute atomic E-state index is 6.16. The number of pyridine rings is 1. The lowest BCUT2D eigenvalue weighted by Crippen LogP contribution is -2.40. The largest absolute Gasteiger partial charge is 0.366 e. The van der Waals surface area contributed by atoms with Crippen molar-refractivity contribution >= 4 is 17.4 Å². The van der Waals surface area contributed by atoms with Crippen molar-refractivity contribution in [1.82, 2.24) is 4.98 Å². The fraction of sp³-hybridized carbons (Fsp3) is 0.667. The molecular formula is C15H23ClN2. The van der Waals surface area contributed by atoms with E-state index in [9.17, 15) is 0 Å². The van der Waals surface area contributed by atoms with Crippen LogP contribution in [-0.4, -0.2) is 11.0 Å². The number of nitrogens with one attached hydrogen (secondary N) is 1. The van der Waals surface area contributed by atoms with Gasteiger partial charge in [-0.05, 0) is 42.2 Å². The molecule has 0 amide bonds. The molecule has 0 radical (unpaired) electrons. The van der Waals surface area contributed by atoms with Gasteiger partial charge in [0.05, 0.1) is 5.02 Å². The van der Waals surface area contributed by atoms with Crippen LogP contribution >= 0.6 is 11.6 Å². The summed E-state index contributed by atoms with van der Waals surface area (Å²) in [5.74, 6) is 0.817. The number of hydrogen-bond acceptors (Lipinski definition) is 2. The average molecular weight is 267 g/mol. The predicted molar refractivity (Wildman–Crippen MR) is 78.1 cm³/mol. The van der Waals surface area contributed by atoms with Gasteiger partial charge in [-0.25, -0.2) is 4.98 Å². The van der Waals surface area contributed by atoms with Gasteiger partial charge in [0.2, 0.25) is 0 Å². The summed E-state index contributed by atoms with van der Waals surface area (Å²) in [4.78, 5) is 4.32. The van der Waals surface area contributed by atoms with Crippen LogP contribution < -0.4 is 5.32 Å². The second-order valence-corrected chi connectivity index (χ2v) is 7.50. The van der Waals surface area contributed by atoms with E-state index >= 15 is 0 Å². The molecule has 1 aromatic rings. The van der Waals surface area contributed by atoms with Crippen LogP contribution in [0, 0.1) is 10.8 Å². The fourth-order valence-corrected chi connectivity index (χ4v) is 3.81. The summed E-state index contributed by atoms with van der Waals surface area (Å²) in [5, 5.41) is 4.22. The molecule has 0 atom stereocenters. The Balaban J connectivity index is 2.12. The number of anilines is 1. The van der Waals surface area contributed by atoms with E-state index in [-0.39, 0.29) is 0 Å². The van der Waals surface area contributed by atoms with E-state index in [1.807, 2.05) is 12.1 Å². The third kappa shape index (κ3) is 3.38. The van der Waals surface area contributed by atoms with Gasteiger partial charge in [0.25, 0.3) is 0 Å². The molecule has 1 aliphatic rings. The Hall–Kier alpha value is -0.760. The molecule has 0 aromatic carbocycles. The fourth-order valence-electron chi connectivity index (χ4n) is 3.63. The van der Waals surface area contributed by atoms with Crippen LogP contribution in [-0.2, 0) is 0 Å². The van der Waals surface area contributed by atoms with Crippen LogP contribution in [0.2, 0.25) is 5.02 Å². The van der Waals surface area contributed by atoms with E-state index in [1.54, 1.807) is 6.20 Å². The first-order valence-electron chi connectivity index (χ1n) is 6.65. The second kappa shape index (κ2) is 4.73. The Morgan fingerprint density at radius 2 is 1.83 bits per heavy atom. The van der Waals surface area contributed by atoms with Gasteiger partial charge in [-0.1, -0.05) is 39.3 Å². The molecule has 2 nitrogen and oxygen atoms in total. The van der Waals surface area contributed by atoms with Crippen molar-refractivity contribution in [3.8, 4) is 0 Å². The minimum atomic E-state index is 0.376. The summed E-state index contributed by atoms with van der Waals surface area (Å²) >= 11 is 6.16. The molecule has 1 N–H and O–H groups in total. The Morgan fingerprint density at radius 3 is 2.39 bits per heavy atom. The normalized spacial score (nSPS) is 22.7. The maximum atomic E-state index is 6.16. The van der Waals surface area contributed by atoms with Crippen LogP contribution in [0.5, 0.6) is 0 Å². The molecule has 0 bridgehead atoms. The van der Waals surface area contributed by atoms with E-state index in [2.05, 4.69) is 38.0 Å². The molecule has 18 heavy (non-hydrogen) atoms. The topological polar surface area (TPSA) is 24.9 Å². The third-order valence-corrected chi connectivity index (χ3v) is 3.96. The van der Waals surface area contributed by atoms with Gasteiger partial charge in [-0.15, -0.1) is 0 Å². The molecule has 0 saturated heterocycles. The summed E-state index contributed by atoms with van der Waals surface area (Å²) in [6.07, 6.45) is 5.40. The molecule has 1 aromatic heterocycles. The van der Waals surface area contributed by atoms with Crippen molar-refractivity contribution in [3.05, 3.63) is 23.4 Å². The predicted octanol–water partition coefficient (Wildman–Crippen LogP) is 4.75. The van der Waals surface area contributed by atoms with E-state index in [4.69, 9.17) is 11.6 Å². The molecule has 1 saturated carbocycles. The lowest BCUT2D eigenvalue weighted by molar-refractivity contribution is 0.105. The van der Waals surface area contributed by atoms with E-state index < -0.39 is 0 Å². The molecule has 3 heteroatoms. The zero-order valence-corrected chi connectivity index (χ0v) is 12.5. The number of nitrogens with zero attached hydrogens (tertiary/aromatic N) is 1. The Morgan fingerprint density at radius 1 is 1.22 bits per heavy atom. The van der Waals surface area contributed by atoms with Crippen molar-refractivity contribution in [2.75, 3.05) is 5.32 Å². The Kier molecular flexibility index (Phi) is 3.59. The van der Waals surface area contributed by atoms with E-state index in [0.29, 0.717) is 21.9 Å². The first-order chi connectivity index (χ1) is 8.27. The lowest BCUT2D eigenvalue weighted by Gasteiger charge is -2.45. The molecule has 100 valence electrons. The highest BCUT2D eigenvalue weighted by Gasteiger charge is 2.38. The van der Waals surface area contributed by atoms with Crippen LogP contribution in [0.1, 0.15) is 47.0 Å². The summed E-state index contributed by atoms with van der Waals surface area (Å²) in [7, 11) is 0. The first kappa shape index (κ1) is 13.7. The molecular weight excluding hydrogens is 244 g/mol. The zero-order chi connectivity index (χ0) is 13.4. The van der Waals surface area contributed by atoms with Gasteiger partial charge < -0.3 is 5.32 Å². The van der Waals surface area contributed by atoms with Crippen molar-refractivity contribution in [3.63, 3.8) is 0 Å². The zero-order valence-electron chi connectivity index (χ0n) is 11.8. The summed E-state index contributed by atoms with van der Waals surface area (Å²) in [5.41, 5.74) is 0.751. The van der Waals surface area contributed by atoms with Crippen LogP contribution in [0.25, 0.3) is 0 Å². The highest BCUT2D eigenvalue weighted by Crippen LogP contribution is 2.46. The van der Waals surface area contributed by atoms with Crippen molar-refractivity contribution < 1.29 is 0 Å². The minimum absolute atomic E-state index is 0.376. The van der Waals surface area contributed by atoms with E-state index in [0.717, 1.165) is 5.82 Å². The number of rotatable bonds is 2. The number of halogens is 1. The van der Waals surface area contributed by atoms with Gasteiger partial charge in [0.1, 0.15) is 5.82 Å². The lowest BCUT2D eigenvalue weighted by atomic mass is 9.63. The first-order valence-corrected chi connectivity index (χ1v) is 7.02. The average Bonchev–Trinajstić information content (AvgIpc) is 2.16. The minimum Gasteiger partial charge on any atom is -0.366 e. The molecule has 1 aliphatic carbocycles. The third-order valence-electron chi connectivity index (χ3n) is 3.65. The Labute approximate surface area is 115 Å². The van der Waals surface area contributed by atoms with Gasteiger partial charge >= 0.3 is 0 Å². The maximum Gasteiger partial charge on any atom is 0.144 e. The number of aromatic nitrogens is 1. The van der Waals surface area contributed by atoms with Crippen LogP contribution in [0.3, 0.4) is 0 Å². The summed E-state index contributed by atoms with van der Waals surface area (Å²) in [6.45, 7) is 9.40. The molecule has 0 spiro atoms. The van der Waals surface area contributed by atoms with Gasteiger partial charge in [-0.2, -0.15) is 0 Å². The standard InChI is InChI=1S/C15H23ClN2/c1-14(2)8-11(9-15(3,4)10-14)18-13-12(16)6-5-7-17-13/h5-7,11H,8-10H2,1-4H3,(H,17,18). The SMILES string of the molecule is CC1(C)CC(Nc2ncccc2Cl)CC(C)(C)C1. The monoisotopic (exact) mass is 266 g/mol. The van der Waals surface area contributed by atoms with Crippen molar-refractivity contribution in [1.29, 1.82) is 0 Å². The highest BCUT2D eigenvalue weighted by atomic mass is 35.5. The molecule has 1 heterocycles. The van der Waals surface area contributed by atoms with Crippen LogP contribution in [0.4, 0.5) is 5.82 Å². The summed E-state index contributed by atoms with van der Waals surface area (Å²) < 4.78 is 0. The van der Waals surface area contributed by atoms with Gasteiger partial charge in [-0.3, -0.25) is 0 Å². The highest BCUT2D eigenvalue weighted by molar-refractivity contribution is 6.32. The van der Waals surface area contributed by atoms with Gasteiger partial charge in [0.15, 0.2) is 0 Å². The smallest absolute Gasteiger partial charge is 0.144 e. The van der Waals surface area contributed by atoms with E-state index in [1.165, 1.54) is 19.3 Å². The van der Waals surface area contributed by atoms with Crippen molar-refractivity contribution in [2.45, 2.75) is 53.0 Å². The molecule has 0 unspecified atom stereocenters. The quantitative estimate of drug-likeness (QED) is 0.835. The van der Waals surface area contributed by atoms with Gasteiger partial charge in [0, 0.05) is 12.2 Å². The number of hydrogen-bond donors (Lipinski definition) is 1. The second-order valence-electron chi connectivity index (χ2n) is 7.09. The molecule has 1 fully saturated rings. The molecule has 2 rings (SSSR count). The van der Waals surface area contributed by atoms with Crippen LogP contribution in [0.15, 0.2) is 18.3 Å². The van der Waals surface area contributed by atoms with Crippen molar-refractivity contribution in [2.24, 2.45) is 10.8 Å².